The quantitative estimate of drug-likeness (QED) is 0.519. The summed E-state index contributed by atoms with van der Waals surface area (Å²) in [5.41, 5.74) is 1.50. The minimum atomic E-state index is -0.280. The molecule has 3 rings (SSSR count). The molecule has 8 heteroatoms. The number of carbonyl (C=O) groups is 2. The van der Waals surface area contributed by atoms with Gasteiger partial charge in [-0.05, 0) is 49.2 Å². The van der Waals surface area contributed by atoms with Gasteiger partial charge in [-0.15, -0.1) is 0 Å². The Bertz CT molecular complexity index is 899. The number of hydrogen-bond acceptors (Lipinski definition) is 3. The van der Waals surface area contributed by atoms with E-state index >= 15 is 0 Å². The van der Waals surface area contributed by atoms with Gasteiger partial charge in [0.25, 0.3) is 5.91 Å². The molecule has 1 fully saturated rings. The molecular weight excluding hydrogens is 433 g/mol. The standard InChI is InChI=1S/C21H22Cl3N3O2/c22-13-6-9-19(18(24)10-13)27-20(28)12-25-15-7-8-17(23)16(11-15)21(29)26-14-4-2-1-3-5-14/h6-11,14,25H,1-5,12H2,(H,26,29)(H,27,28). The van der Waals surface area contributed by atoms with Gasteiger partial charge < -0.3 is 16.0 Å². The van der Waals surface area contributed by atoms with Crippen LogP contribution in [0, 0.1) is 0 Å². The summed E-state index contributed by atoms with van der Waals surface area (Å²) in [6.45, 7) is 0.00424. The number of halogens is 3. The van der Waals surface area contributed by atoms with E-state index in [-0.39, 0.29) is 24.4 Å². The first kappa shape index (κ1) is 21.8. The first-order chi connectivity index (χ1) is 13.9. The van der Waals surface area contributed by atoms with Crippen molar-refractivity contribution >= 4 is 58.0 Å². The van der Waals surface area contributed by atoms with Crippen LogP contribution in [0.4, 0.5) is 11.4 Å². The van der Waals surface area contributed by atoms with Crippen molar-refractivity contribution in [1.29, 1.82) is 0 Å². The van der Waals surface area contributed by atoms with E-state index in [1.54, 1.807) is 36.4 Å². The van der Waals surface area contributed by atoms with E-state index in [1.165, 1.54) is 6.42 Å². The third kappa shape index (κ3) is 6.26. The molecule has 0 radical (unpaired) electrons. The number of nitrogens with one attached hydrogen (secondary N) is 3. The number of benzene rings is 2. The van der Waals surface area contributed by atoms with Crippen molar-refractivity contribution in [1.82, 2.24) is 5.32 Å². The van der Waals surface area contributed by atoms with Crippen LogP contribution in [0.15, 0.2) is 36.4 Å². The van der Waals surface area contributed by atoms with Crippen molar-refractivity contribution in [2.24, 2.45) is 0 Å². The number of rotatable bonds is 6. The van der Waals surface area contributed by atoms with Gasteiger partial charge in [0.1, 0.15) is 0 Å². The van der Waals surface area contributed by atoms with Gasteiger partial charge in [-0.25, -0.2) is 0 Å². The Labute approximate surface area is 185 Å². The topological polar surface area (TPSA) is 70.2 Å². The summed E-state index contributed by atoms with van der Waals surface area (Å²) in [5.74, 6) is -0.472. The molecule has 5 nitrogen and oxygen atoms in total. The highest BCUT2D eigenvalue weighted by Gasteiger charge is 2.18. The average Bonchev–Trinajstić information content (AvgIpc) is 2.70. The summed E-state index contributed by atoms with van der Waals surface area (Å²) in [5, 5.41) is 10.00. The average molecular weight is 455 g/mol. The fourth-order valence-electron chi connectivity index (χ4n) is 3.29. The summed E-state index contributed by atoms with van der Waals surface area (Å²) in [6, 6.07) is 10.1. The summed E-state index contributed by atoms with van der Waals surface area (Å²) in [7, 11) is 0. The molecule has 2 aromatic rings. The van der Waals surface area contributed by atoms with Crippen LogP contribution < -0.4 is 16.0 Å². The molecule has 154 valence electrons. The van der Waals surface area contributed by atoms with Gasteiger partial charge in [-0.1, -0.05) is 54.1 Å². The zero-order valence-corrected chi connectivity index (χ0v) is 18.0. The van der Waals surface area contributed by atoms with Gasteiger partial charge in [0.15, 0.2) is 0 Å². The Kier molecular flexibility index (Phi) is 7.64. The summed E-state index contributed by atoms with van der Waals surface area (Å²) >= 11 is 18.1. The highest BCUT2D eigenvalue weighted by Crippen LogP contribution is 2.26. The summed E-state index contributed by atoms with van der Waals surface area (Å²) in [4.78, 5) is 24.8. The van der Waals surface area contributed by atoms with Crippen LogP contribution in [0.2, 0.25) is 15.1 Å². The van der Waals surface area contributed by atoms with Crippen LogP contribution in [-0.4, -0.2) is 24.4 Å². The van der Waals surface area contributed by atoms with Crippen LogP contribution in [0.1, 0.15) is 42.5 Å². The van der Waals surface area contributed by atoms with E-state index in [0.717, 1.165) is 25.7 Å². The van der Waals surface area contributed by atoms with E-state index < -0.39 is 0 Å². The molecule has 0 atom stereocenters. The monoisotopic (exact) mass is 453 g/mol. The summed E-state index contributed by atoms with van der Waals surface area (Å²) in [6.07, 6.45) is 5.47. The minimum Gasteiger partial charge on any atom is -0.376 e. The van der Waals surface area contributed by atoms with Crippen LogP contribution in [0.25, 0.3) is 0 Å². The SMILES string of the molecule is O=C(CNc1ccc(Cl)c(C(=O)NC2CCCCC2)c1)Nc1ccc(Cl)cc1Cl. The fraction of sp³-hybridized carbons (Fsp3) is 0.333. The van der Waals surface area contributed by atoms with Gasteiger partial charge >= 0.3 is 0 Å². The molecule has 0 spiro atoms. The number of amides is 2. The highest BCUT2D eigenvalue weighted by molar-refractivity contribution is 6.36. The Morgan fingerprint density at radius 3 is 2.41 bits per heavy atom. The molecule has 1 saturated carbocycles. The van der Waals surface area contributed by atoms with Crippen molar-refractivity contribution in [2.45, 2.75) is 38.1 Å². The number of carbonyl (C=O) groups excluding carboxylic acids is 2. The molecule has 1 aliphatic rings. The Morgan fingerprint density at radius 2 is 1.69 bits per heavy atom. The molecule has 3 N–H and O–H groups in total. The van der Waals surface area contributed by atoms with Crippen molar-refractivity contribution in [3.05, 3.63) is 57.0 Å². The highest BCUT2D eigenvalue weighted by atomic mass is 35.5. The van der Waals surface area contributed by atoms with E-state index in [2.05, 4.69) is 16.0 Å². The van der Waals surface area contributed by atoms with Gasteiger partial charge in [0, 0.05) is 16.8 Å². The molecule has 0 aromatic heterocycles. The molecule has 0 bridgehead atoms. The van der Waals surface area contributed by atoms with Crippen LogP contribution in [0.5, 0.6) is 0 Å². The van der Waals surface area contributed by atoms with Crippen molar-refractivity contribution < 1.29 is 9.59 Å². The van der Waals surface area contributed by atoms with Gasteiger partial charge in [0.05, 0.1) is 27.8 Å². The first-order valence-corrected chi connectivity index (χ1v) is 10.6. The van der Waals surface area contributed by atoms with Crippen LogP contribution in [-0.2, 0) is 4.79 Å². The Balaban J connectivity index is 1.58. The first-order valence-electron chi connectivity index (χ1n) is 9.51. The van der Waals surface area contributed by atoms with E-state index in [1.807, 2.05) is 0 Å². The Morgan fingerprint density at radius 1 is 0.931 bits per heavy atom. The predicted molar refractivity (Wildman–Crippen MR) is 119 cm³/mol. The third-order valence-electron chi connectivity index (χ3n) is 4.81. The van der Waals surface area contributed by atoms with Crippen molar-refractivity contribution in [3.8, 4) is 0 Å². The zero-order chi connectivity index (χ0) is 20.8. The second kappa shape index (κ2) is 10.2. The smallest absolute Gasteiger partial charge is 0.253 e. The lowest BCUT2D eigenvalue weighted by atomic mass is 9.95. The van der Waals surface area contributed by atoms with Crippen molar-refractivity contribution in [2.75, 3.05) is 17.2 Å². The molecule has 29 heavy (non-hydrogen) atoms. The summed E-state index contributed by atoms with van der Waals surface area (Å²) < 4.78 is 0. The Hall–Kier alpha value is -1.95. The number of anilines is 2. The van der Waals surface area contributed by atoms with Gasteiger partial charge in [-0.2, -0.15) is 0 Å². The molecule has 1 aliphatic carbocycles. The molecular formula is C21H22Cl3N3O2. The lowest BCUT2D eigenvalue weighted by Crippen LogP contribution is -2.36. The van der Waals surface area contributed by atoms with Crippen LogP contribution in [0.3, 0.4) is 0 Å². The molecule has 0 unspecified atom stereocenters. The van der Waals surface area contributed by atoms with E-state index in [4.69, 9.17) is 34.8 Å². The maximum absolute atomic E-state index is 12.6. The van der Waals surface area contributed by atoms with Gasteiger partial charge in [0.2, 0.25) is 5.91 Å². The molecule has 0 saturated heterocycles. The maximum atomic E-state index is 12.6. The minimum absolute atomic E-state index is 0.00424. The van der Waals surface area contributed by atoms with Crippen LogP contribution >= 0.6 is 34.8 Å². The molecule has 2 aromatic carbocycles. The van der Waals surface area contributed by atoms with Crippen molar-refractivity contribution in [3.63, 3.8) is 0 Å². The second-order valence-corrected chi connectivity index (χ2v) is 8.28. The second-order valence-electron chi connectivity index (χ2n) is 7.03. The van der Waals surface area contributed by atoms with E-state index in [0.29, 0.717) is 32.0 Å². The normalized spacial score (nSPS) is 14.3. The van der Waals surface area contributed by atoms with Gasteiger partial charge in [-0.3, -0.25) is 9.59 Å². The molecule has 0 heterocycles. The molecule has 0 aliphatic heterocycles. The largest absolute Gasteiger partial charge is 0.376 e. The maximum Gasteiger partial charge on any atom is 0.253 e. The fourth-order valence-corrected chi connectivity index (χ4v) is 3.95. The third-order valence-corrected chi connectivity index (χ3v) is 5.69. The lowest BCUT2D eigenvalue weighted by molar-refractivity contribution is -0.114. The zero-order valence-electron chi connectivity index (χ0n) is 15.7. The molecule has 2 amide bonds. The predicted octanol–water partition coefficient (Wildman–Crippen LogP) is 5.76. The lowest BCUT2D eigenvalue weighted by Gasteiger charge is -2.23. The number of hydrogen-bond donors (Lipinski definition) is 3. The van der Waals surface area contributed by atoms with E-state index in [9.17, 15) is 9.59 Å².